The van der Waals surface area contributed by atoms with Crippen molar-refractivity contribution in [1.82, 2.24) is 15.0 Å². The molecule has 0 saturated heterocycles. The fourth-order valence-electron chi connectivity index (χ4n) is 16.8. The van der Waals surface area contributed by atoms with Crippen LogP contribution in [0.4, 0.5) is 0 Å². The van der Waals surface area contributed by atoms with Crippen molar-refractivity contribution in [2.75, 3.05) is 0 Å². The van der Waals surface area contributed by atoms with E-state index in [1.54, 1.807) is 0 Å². The maximum atomic E-state index is 5.28. The van der Waals surface area contributed by atoms with Gasteiger partial charge in [-0.15, -0.1) is 0 Å². The lowest BCUT2D eigenvalue weighted by atomic mass is 9.70. The topological polar surface area (TPSA) is 38.7 Å². The van der Waals surface area contributed by atoms with Crippen LogP contribution < -0.4 is 0 Å². The van der Waals surface area contributed by atoms with Gasteiger partial charge in [-0.2, -0.15) is 0 Å². The molecule has 2 aliphatic rings. The van der Waals surface area contributed by atoms with Crippen LogP contribution in [0.1, 0.15) is 22.3 Å². The molecule has 0 N–H and O–H groups in total. The molecular formula is C106H69N3. The third kappa shape index (κ3) is 11.9. The number of aromatic nitrogens is 3. The summed E-state index contributed by atoms with van der Waals surface area (Å²) in [4.78, 5) is 15.8. The number of rotatable bonds is 14. The van der Waals surface area contributed by atoms with Gasteiger partial charge in [0.25, 0.3) is 0 Å². The summed E-state index contributed by atoms with van der Waals surface area (Å²) in [7, 11) is 0. The molecule has 3 heteroatoms. The Balaban J connectivity index is 0.575. The summed E-state index contributed by atoms with van der Waals surface area (Å²) in [5.41, 5.74) is 38.4. The molecule has 1 aromatic heterocycles. The van der Waals surface area contributed by atoms with Crippen molar-refractivity contribution in [3.8, 4) is 179 Å². The molecule has 0 atom stereocenters. The number of fused-ring (bicyclic) bond motifs is 10. The molecule has 109 heavy (non-hydrogen) atoms. The van der Waals surface area contributed by atoms with Gasteiger partial charge in [0, 0.05) is 16.7 Å². The Labute approximate surface area is 635 Å². The summed E-state index contributed by atoms with van der Waals surface area (Å²) >= 11 is 0. The third-order valence-corrected chi connectivity index (χ3v) is 22.2. The highest BCUT2D eigenvalue weighted by Crippen LogP contribution is 2.63. The molecule has 0 fully saturated rings. The molecule has 18 aromatic rings. The molecule has 1 heterocycles. The van der Waals surface area contributed by atoms with Crippen molar-refractivity contribution in [2.45, 2.75) is 5.41 Å². The van der Waals surface area contributed by atoms with E-state index in [1.165, 1.54) is 100 Å². The smallest absolute Gasteiger partial charge is 0.164 e. The second kappa shape index (κ2) is 27.3. The average Bonchev–Trinajstić information content (AvgIpc) is 1.51. The largest absolute Gasteiger partial charge is 0.208 e. The standard InChI is InChI=1S/C106H69N3/c1-3-22-70(23-4-1)76-26-13-30-80(60-76)81-31-15-28-78(62-81)72-50-54-74(55-51-72)103-107-104(109-105(108-103)94-43-21-42-92(68-94)83-33-14-27-77(61-83)71-24-5-2-6-25-71)75-56-52-73(53-57-75)79-29-16-32-82(63-79)84-34-17-35-85(64-84)86-36-18-37-87(65-86)88-38-19-39-89(66-88)90-40-20-41-91(67-90)93-58-59-98-97-46-9-12-49-101(97)106(102(98)69-93)99-47-10-7-44-95(99)96-45-8-11-48-100(96)106/h1-69H. The van der Waals surface area contributed by atoms with Crippen LogP contribution in [-0.2, 0) is 5.41 Å². The predicted molar refractivity (Wildman–Crippen MR) is 452 cm³/mol. The van der Waals surface area contributed by atoms with E-state index < -0.39 is 5.41 Å². The Morgan fingerprint density at radius 2 is 0.303 bits per heavy atom. The van der Waals surface area contributed by atoms with Crippen LogP contribution in [0, 0.1) is 0 Å². The van der Waals surface area contributed by atoms with Crippen molar-refractivity contribution in [3.05, 3.63) is 441 Å². The first kappa shape index (κ1) is 64.4. The predicted octanol–water partition coefficient (Wildman–Crippen LogP) is 27.6. The van der Waals surface area contributed by atoms with Gasteiger partial charge in [-0.05, 0) is 228 Å². The first-order chi connectivity index (χ1) is 53.9. The van der Waals surface area contributed by atoms with Crippen molar-refractivity contribution < 1.29 is 0 Å². The molecule has 17 aromatic carbocycles. The number of hydrogen-bond donors (Lipinski definition) is 0. The lowest BCUT2D eigenvalue weighted by Crippen LogP contribution is -2.25. The molecule has 0 amide bonds. The SMILES string of the molecule is c1ccc(-c2cccc(-c3cccc(-c4ccc(-c5nc(-c6ccc(-c7cccc(-c8cccc(-c9cccc(-c%10cccc(-c%11cccc(-c%12ccc%13c(c%12)C%12(c%14ccccc%14-c%14ccccc%14%12)c%12ccccc%12-%13)c%11)c%10)c9)c8)c7)cc6)nc(-c6cccc(-c7cccc(-c8ccccc8)c7)c6)n5)cc4)c3)c2)cc1. The van der Waals surface area contributed by atoms with Gasteiger partial charge in [0.2, 0.25) is 0 Å². The number of benzene rings is 17. The molecule has 3 nitrogen and oxygen atoms in total. The number of hydrogen-bond acceptors (Lipinski definition) is 3. The Kier molecular flexibility index (Phi) is 16.1. The van der Waals surface area contributed by atoms with Gasteiger partial charge in [0.05, 0.1) is 5.41 Å². The zero-order valence-electron chi connectivity index (χ0n) is 59.7. The molecule has 20 rings (SSSR count). The van der Waals surface area contributed by atoms with Crippen molar-refractivity contribution in [1.29, 1.82) is 0 Å². The minimum atomic E-state index is -0.392. The molecule has 1 spiro atoms. The van der Waals surface area contributed by atoms with Crippen LogP contribution in [0.2, 0.25) is 0 Å². The zero-order valence-corrected chi connectivity index (χ0v) is 59.7. The molecule has 0 aliphatic heterocycles. The molecular weight excluding hydrogens is 1320 g/mol. The van der Waals surface area contributed by atoms with Crippen LogP contribution >= 0.6 is 0 Å². The summed E-state index contributed by atoms with van der Waals surface area (Å²) in [5.74, 6) is 1.80. The summed E-state index contributed by atoms with van der Waals surface area (Å²) in [5, 5.41) is 0. The Hall–Kier alpha value is -14.3. The Bertz CT molecular complexity index is 6470. The van der Waals surface area contributed by atoms with Crippen LogP contribution in [-0.4, -0.2) is 15.0 Å². The lowest BCUT2D eigenvalue weighted by molar-refractivity contribution is 0.794. The van der Waals surface area contributed by atoms with Crippen molar-refractivity contribution in [3.63, 3.8) is 0 Å². The van der Waals surface area contributed by atoms with E-state index in [0.717, 1.165) is 83.5 Å². The minimum absolute atomic E-state index is 0.392. The summed E-state index contributed by atoms with van der Waals surface area (Å²) in [6.07, 6.45) is 0. The quantitative estimate of drug-likeness (QED) is 0.109. The Morgan fingerprint density at radius 1 is 0.119 bits per heavy atom. The van der Waals surface area contributed by atoms with Gasteiger partial charge in [-0.3, -0.25) is 0 Å². The normalized spacial score (nSPS) is 12.1. The second-order valence-electron chi connectivity index (χ2n) is 28.6. The summed E-state index contributed by atoms with van der Waals surface area (Å²) in [6.45, 7) is 0. The van der Waals surface area contributed by atoms with E-state index in [0.29, 0.717) is 17.5 Å². The highest BCUT2D eigenvalue weighted by molar-refractivity contribution is 5.97. The van der Waals surface area contributed by atoms with Crippen LogP contribution in [0.5, 0.6) is 0 Å². The van der Waals surface area contributed by atoms with Gasteiger partial charge in [-0.1, -0.05) is 358 Å². The monoisotopic (exact) mass is 1380 g/mol. The number of nitrogens with zero attached hydrogens (tertiary/aromatic N) is 3. The molecule has 0 saturated carbocycles. The first-order valence-corrected chi connectivity index (χ1v) is 37.4. The van der Waals surface area contributed by atoms with Gasteiger partial charge >= 0.3 is 0 Å². The third-order valence-electron chi connectivity index (χ3n) is 22.2. The molecule has 2 aliphatic carbocycles. The zero-order chi connectivity index (χ0) is 72.2. The molecule has 508 valence electrons. The van der Waals surface area contributed by atoms with Crippen LogP contribution in [0.15, 0.2) is 419 Å². The highest BCUT2D eigenvalue weighted by atomic mass is 15.0. The highest BCUT2D eigenvalue weighted by Gasteiger charge is 2.51. The fourth-order valence-corrected chi connectivity index (χ4v) is 16.8. The maximum absolute atomic E-state index is 5.28. The van der Waals surface area contributed by atoms with Gasteiger partial charge in [-0.25, -0.2) is 15.0 Å². The lowest BCUT2D eigenvalue weighted by Gasteiger charge is -2.30. The van der Waals surface area contributed by atoms with E-state index in [9.17, 15) is 0 Å². The minimum Gasteiger partial charge on any atom is -0.208 e. The second-order valence-corrected chi connectivity index (χ2v) is 28.6. The maximum Gasteiger partial charge on any atom is 0.164 e. The first-order valence-electron chi connectivity index (χ1n) is 37.4. The van der Waals surface area contributed by atoms with E-state index in [1.807, 2.05) is 0 Å². The Morgan fingerprint density at radius 3 is 0.596 bits per heavy atom. The van der Waals surface area contributed by atoms with E-state index in [-0.39, 0.29) is 0 Å². The van der Waals surface area contributed by atoms with Crippen molar-refractivity contribution in [2.24, 2.45) is 0 Å². The van der Waals surface area contributed by atoms with Crippen LogP contribution in [0.3, 0.4) is 0 Å². The van der Waals surface area contributed by atoms with Gasteiger partial charge in [0.15, 0.2) is 17.5 Å². The van der Waals surface area contributed by atoms with Crippen LogP contribution in [0.25, 0.3) is 179 Å². The van der Waals surface area contributed by atoms with E-state index >= 15 is 0 Å². The van der Waals surface area contributed by atoms with E-state index in [4.69, 9.17) is 15.0 Å². The summed E-state index contributed by atoms with van der Waals surface area (Å²) < 4.78 is 0. The fraction of sp³-hybridized carbons (Fsp3) is 0.00943. The van der Waals surface area contributed by atoms with Gasteiger partial charge in [0.1, 0.15) is 0 Å². The average molecular weight is 1380 g/mol. The molecule has 0 unspecified atom stereocenters. The van der Waals surface area contributed by atoms with Crippen molar-refractivity contribution >= 4 is 0 Å². The van der Waals surface area contributed by atoms with E-state index in [2.05, 4.69) is 419 Å². The van der Waals surface area contributed by atoms with Gasteiger partial charge < -0.3 is 0 Å². The molecule has 0 bridgehead atoms. The molecule has 0 radical (unpaired) electrons. The summed E-state index contributed by atoms with van der Waals surface area (Å²) in [6, 6.07) is 152.